The predicted molar refractivity (Wildman–Crippen MR) is 112 cm³/mol. The second kappa shape index (κ2) is 8.85. The highest BCUT2D eigenvalue weighted by atomic mass is 16.2. The number of piperidine rings is 1. The molecule has 2 aromatic rings. The molecule has 0 aromatic carbocycles. The Balaban J connectivity index is 1.69. The molecule has 1 aliphatic heterocycles. The van der Waals surface area contributed by atoms with Crippen molar-refractivity contribution in [3.63, 3.8) is 0 Å². The van der Waals surface area contributed by atoms with E-state index in [0.717, 1.165) is 24.0 Å². The third-order valence-corrected chi connectivity index (χ3v) is 5.91. The second-order valence-electron chi connectivity index (χ2n) is 8.03. The average Bonchev–Trinajstić information content (AvgIpc) is 3.14. The molecule has 164 valence electrons. The highest BCUT2D eigenvalue weighted by Gasteiger charge is 2.29. The van der Waals surface area contributed by atoms with E-state index in [1.165, 1.54) is 17.9 Å². The van der Waals surface area contributed by atoms with E-state index in [1.807, 2.05) is 7.05 Å². The van der Waals surface area contributed by atoms with Crippen LogP contribution in [-0.2, 0) is 30.2 Å². The fraction of sp³-hybridized carbons (Fsp3) is 0.650. The van der Waals surface area contributed by atoms with Gasteiger partial charge in [-0.3, -0.25) is 19.0 Å². The quantitative estimate of drug-likeness (QED) is 0.654. The molecule has 1 aliphatic rings. The van der Waals surface area contributed by atoms with Crippen molar-refractivity contribution in [3.05, 3.63) is 27.2 Å². The fourth-order valence-corrected chi connectivity index (χ4v) is 3.96. The topological polar surface area (TPSA) is 102 Å². The number of aromatic nitrogens is 4. The SMILES string of the molecule is CCCCN(C)C(=O)C1CCN(C(=O)Cn2c(=O)c3c(ncn3C)n(C)c2=O)CC1. The van der Waals surface area contributed by atoms with Crippen molar-refractivity contribution in [3.8, 4) is 0 Å². The van der Waals surface area contributed by atoms with Gasteiger partial charge in [-0.15, -0.1) is 0 Å². The number of hydrogen-bond acceptors (Lipinski definition) is 5. The van der Waals surface area contributed by atoms with Gasteiger partial charge in [-0.05, 0) is 19.3 Å². The number of carbonyl (C=O) groups excluding carboxylic acids is 2. The minimum absolute atomic E-state index is 0.0858. The van der Waals surface area contributed by atoms with Crippen LogP contribution in [-0.4, -0.2) is 67.0 Å². The summed E-state index contributed by atoms with van der Waals surface area (Å²) in [7, 11) is 5.03. The van der Waals surface area contributed by atoms with E-state index in [0.29, 0.717) is 31.6 Å². The van der Waals surface area contributed by atoms with Crippen LogP contribution in [0, 0.1) is 5.92 Å². The smallest absolute Gasteiger partial charge is 0.332 e. The van der Waals surface area contributed by atoms with Crippen LogP contribution < -0.4 is 11.2 Å². The lowest BCUT2D eigenvalue weighted by atomic mass is 9.95. The van der Waals surface area contributed by atoms with Gasteiger partial charge in [0, 0.05) is 46.7 Å². The first-order valence-corrected chi connectivity index (χ1v) is 10.4. The summed E-state index contributed by atoms with van der Waals surface area (Å²) in [5.41, 5.74) is -0.515. The fourth-order valence-electron chi connectivity index (χ4n) is 3.96. The van der Waals surface area contributed by atoms with Gasteiger partial charge >= 0.3 is 5.69 Å². The van der Waals surface area contributed by atoms with Gasteiger partial charge in [-0.25, -0.2) is 14.3 Å². The Bertz CT molecular complexity index is 1060. The largest absolute Gasteiger partial charge is 0.346 e. The maximum absolute atomic E-state index is 12.8. The Morgan fingerprint density at radius 2 is 1.87 bits per heavy atom. The number of hydrogen-bond donors (Lipinski definition) is 0. The van der Waals surface area contributed by atoms with Crippen LogP contribution in [0.25, 0.3) is 11.2 Å². The average molecular weight is 418 g/mol. The molecule has 0 spiro atoms. The molecule has 10 nitrogen and oxygen atoms in total. The second-order valence-corrected chi connectivity index (χ2v) is 8.03. The monoisotopic (exact) mass is 418 g/mol. The Labute approximate surface area is 174 Å². The maximum atomic E-state index is 12.8. The Kier molecular flexibility index (Phi) is 6.42. The summed E-state index contributed by atoms with van der Waals surface area (Å²) in [4.78, 5) is 58.2. The lowest BCUT2D eigenvalue weighted by molar-refractivity contribution is -0.140. The summed E-state index contributed by atoms with van der Waals surface area (Å²) in [6.07, 6.45) is 4.67. The molecule has 2 amide bonds. The zero-order chi connectivity index (χ0) is 22.0. The van der Waals surface area contributed by atoms with Crippen LogP contribution in [0.2, 0.25) is 0 Å². The molecule has 3 rings (SSSR count). The lowest BCUT2D eigenvalue weighted by Crippen LogP contribution is -2.48. The molecule has 0 unspecified atom stereocenters. The number of amides is 2. The molecular weight excluding hydrogens is 388 g/mol. The molecule has 1 saturated heterocycles. The number of unbranched alkanes of at least 4 members (excludes halogenated alkanes) is 1. The summed E-state index contributed by atoms with van der Waals surface area (Å²) in [6, 6.07) is 0. The van der Waals surface area contributed by atoms with Gasteiger partial charge in [0.2, 0.25) is 11.8 Å². The summed E-state index contributed by atoms with van der Waals surface area (Å²) >= 11 is 0. The van der Waals surface area contributed by atoms with E-state index < -0.39 is 11.2 Å². The van der Waals surface area contributed by atoms with Crippen LogP contribution in [0.3, 0.4) is 0 Å². The molecule has 0 atom stereocenters. The number of fused-ring (bicyclic) bond motifs is 1. The minimum atomic E-state index is -0.567. The number of rotatable bonds is 6. The molecule has 0 radical (unpaired) electrons. The highest BCUT2D eigenvalue weighted by molar-refractivity contribution is 5.80. The van der Waals surface area contributed by atoms with Crippen LogP contribution >= 0.6 is 0 Å². The van der Waals surface area contributed by atoms with Crippen LogP contribution in [0.1, 0.15) is 32.6 Å². The van der Waals surface area contributed by atoms with Gasteiger partial charge in [0.05, 0.1) is 6.33 Å². The van der Waals surface area contributed by atoms with E-state index >= 15 is 0 Å². The van der Waals surface area contributed by atoms with Crippen molar-refractivity contribution in [2.24, 2.45) is 20.0 Å². The van der Waals surface area contributed by atoms with E-state index in [2.05, 4.69) is 11.9 Å². The molecule has 0 bridgehead atoms. The van der Waals surface area contributed by atoms with Crippen LogP contribution in [0.5, 0.6) is 0 Å². The first kappa shape index (κ1) is 21.8. The number of aryl methyl sites for hydroxylation is 2. The number of carbonyl (C=O) groups is 2. The van der Waals surface area contributed by atoms with E-state index in [1.54, 1.807) is 21.4 Å². The van der Waals surface area contributed by atoms with Crippen molar-refractivity contribution in [1.29, 1.82) is 0 Å². The van der Waals surface area contributed by atoms with E-state index in [-0.39, 0.29) is 29.8 Å². The highest BCUT2D eigenvalue weighted by Crippen LogP contribution is 2.20. The molecule has 0 N–H and O–H groups in total. The molecule has 10 heteroatoms. The number of nitrogens with zero attached hydrogens (tertiary/aromatic N) is 6. The van der Waals surface area contributed by atoms with Gasteiger partial charge in [0.25, 0.3) is 5.56 Å². The molecule has 30 heavy (non-hydrogen) atoms. The van der Waals surface area contributed by atoms with Crippen molar-refractivity contribution < 1.29 is 9.59 Å². The van der Waals surface area contributed by atoms with Gasteiger partial charge < -0.3 is 14.4 Å². The van der Waals surface area contributed by atoms with Gasteiger partial charge in [-0.1, -0.05) is 13.3 Å². The van der Waals surface area contributed by atoms with Crippen molar-refractivity contribution >= 4 is 23.0 Å². The molecule has 1 fully saturated rings. The third kappa shape index (κ3) is 4.03. The minimum Gasteiger partial charge on any atom is -0.346 e. The van der Waals surface area contributed by atoms with Crippen molar-refractivity contribution in [2.45, 2.75) is 39.2 Å². The molecular formula is C20H30N6O4. The molecule has 0 aliphatic carbocycles. The maximum Gasteiger partial charge on any atom is 0.332 e. The van der Waals surface area contributed by atoms with Crippen molar-refractivity contribution in [2.75, 3.05) is 26.7 Å². The molecule has 0 saturated carbocycles. The van der Waals surface area contributed by atoms with E-state index in [4.69, 9.17) is 0 Å². The Hall–Kier alpha value is -2.91. The van der Waals surface area contributed by atoms with Gasteiger partial charge in [0.15, 0.2) is 11.2 Å². The predicted octanol–water partition coefficient (Wildman–Crippen LogP) is -0.0692. The lowest BCUT2D eigenvalue weighted by Gasteiger charge is -2.33. The van der Waals surface area contributed by atoms with E-state index in [9.17, 15) is 19.2 Å². The van der Waals surface area contributed by atoms with Crippen molar-refractivity contribution in [1.82, 2.24) is 28.5 Å². The third-order valence-electron chi connectivity index (χ3n) is 5.91. The summed E-state index contributed by atoms with van der Waals surface area (Å²) in [5, 5.41) is 0. The molecule has 2 aromatic heterocycles. The normalized spacial score (nSPS) is 15.0. The zero-order valence-electron chi connectivity index (χ0n) is 18.1. The zero-order valence-corrected chi connectivity index (χ0v) is 18.1. The summed E-state index contributed by atoms with van der Waals surface area (Å²) in [6.45, 7) is 3.41. The molecule has 3 heterocycles. The first-order chi connectivity index (χ1) is 14.3. The van der Waals surface area contributed by atoms with Crippen LogP contribution in [0.15, 0.2) is 15.9 Å². The number of imidazole rings is 1. The number of likely N-dealkylation sites (tertiary alicyclic amines) is 1. The van der Waals surface area contributed by atoms with Gasteiger partial charge in [-0.2, -0.15) is 0 Å². The Morgan fingerprint density at radius 1 is 1.20 bits per heavy atom. The summed E-state index contributed by atoms with van der Waals surface area (Å²) < 4.78 is 3.79. The summed E-state index contributed by atoms with van der Waals surface area (Å²) in [5.74, 6) is -0.249. The Morgan fingerprint density at radius 3 is 2.50 bits per heavy atom. The first-order valence-electron chi connectivity index (χ1n) is 10.4. The van der Waals surface area contributed by atoms with Gasteiger partial charge in [0.1, 0.15) is 6.54 Å². The van der Waals surface area contributed by atoms with Crippen LogP contribution in [0.4, 0.5) is 0 Å². The standard InChI is InChI=1S/C20H30N6O4/c1-5-6-9-22(2)18(28)14-7-10-25(11-8-14)15(27)12-26-19(29)16-17(21-13-23(16)3)24(4)20(26)30/h13-14H,5-12H2,1-4H3.